The van der Waals surface area contributed by atoms with Gasteiger partial charge in [-0.2, -0.15) is 0 Å². The maximum absolute atomic E-state index is 6.05. The average molecular weight is 311 g/mol. The van der Waals surface area contributed by atoms with Gasteiger partial charge in [0.15, 0.2) is 0 Å². The highest BCUT2D eigenvalue weighted by molar-refractivity contribution is 5.57. The molecular formula is C20H29N3. The third kappa shape index (κ3) is 6.03. The molecule has 1 heterocycles. The van der Waals surface area contributed by atoms with Crippen molar-refractivity contribution in [2.24, 2.45) is 11.7 Å². The molecule has 0 aliphatic rings. The molecule has 3 N–H and O–H groups in total. The van der Waals surface area contributed by atoms with Crippen LogP contribution in [-0.2, 0) is 6.42 Å². The predicted octanol–water partition coefficient (Wildman–Crippen LogP) is 4.83. The van der Waals surface area contributed by atoms with Crippen LogP contribution in [0.2, 0.25) is 0 Å². The highest BCUT2D eigenvalue weighted by Gasteiger charge is 2.08. The number of hydrogen-bond donors (Lipinski definition) is 2. The second-order valence-electron chi connectivity index (χ2n) is 6.59. The molecule has 0 aliphatic heterocycles. The van der Waals surface area contributed by atoms with Gasteiger partial charge in [-0.05, 0) is 73.9 Å². The molecule has 0 saturated carbocycles. The van der Waals surface area contributed by atoms with Crippen LogP contribution in [0.25, 0.3) is 0 Å². The number of aryl methyl sites for hydroxylation is 2. The molecule has 23 heavy (non-hydrogen) atoms. The number of aromatic nitrogens is 1. The quantitative estimate of drug-likeness (QED) is 0.734. The van der Waals surface area contributed by atoms with Crippen LogP contribution < -0.4 is 11.1 Å². The Morgan fingerprint density at radius 1 is 1.22 bits per heavy atom. The van der Waals surface area contributed by atoms with Gasteiger partial charge in [-0.25, -0.2) is 4.98 Å². The minimum atomic E-state index is 0.338. The summed E-state index contributed by atoms with van der Waals surface area (Å²) in [6, 6.07) is 13.0. The summed E-state index contributed by atoms with van der Waals surface area (Å²) < 4.78 is 0. The van der Waals surface area contributed by atoms with Gasteiger partial charge in [-0.3, -0.25) is 0 Å². The van der Waals surface area contributed by atoms with Crippen molar-refractivity contribution in [1.82, 2.24) is 4.98 Å². The maximum Gasteiger partial charge on any atom is 0.130 e. The monoisotopic (exact) mass is 311 g/mol. The number of pyridine rings is 1. The van der Waals surface area contributed by atoms with E-state index in [9.17, 15) is 0 Å². The van der Waals surface area contributed by atoms with Crippen molar-refractivity contribution < 1.29 is 0 Å². The number of anilines is 2. The zero-order valence-electron chi connectivity index (χ0n) is 14.5. The molecule has 3 heteroatoms. The highest BCUT2D eigenvalue weighted by Crippen LogP contribution is 2.20. The summed E-state index contributed by atoms with van der Waals surface area (Å²) in [5.74, 6) is 1.56. The van der Waals surface area contributed by atoms with Gasteiger partial charge in [0.25, 0.3) is 0 Å². The van der Waals surface area contributed by atoms with Crippen LogP contribution in [0.1, 0.15) is 44.2 Å². The fraction of sp³-hybridized carbons (Fsp3) is 0.450. The molecule has 124 valence electrons. The second kappa shape index (κ2) is 8.68. The number of benzene rings is 1. The van der Waals surface area contributed by atoms with Crippen molar-refractivity contribution >= 4 is 11.5 Å². The van der Waals surface area contributed by atoms with Crippen molar-refractivity contribution in [3.8, 4) is 0 Å². The van der Waals surface area contributed by atoms with Crippen molar-refractivity contribution in [1.29, 1.82) is 0 Å². The number of rotatable bonds is 8. The summed E-state index contributed by atoms with van der Waals surface area (Å²) in [4.78, 5) is 4.36. The number of nitrogens with one attached hydrogen (secondary N) is 1. The molecule has 2 aromatic rings. The summed E-state index contributed by atoms with van der Waals surface area (Å²) in [6.45, 7) is 6.53. The summed E-state index contributed by atoms with van der Waals surface area (Å²) in [6.07, 6.45) is 6.28. The van der Waals surface area contributed by atoms with Crippen LogP contribution in [0.3, 0.4) is 0 Å². The predicted molar refractivity (Wildman–Crippen MR) is 99.1 cm³/mol. The summed E-state index contributed by atoms with van der Waals surface area (Å²) >= 11 is 0. The molecule has 2 unspecified atom stereocenters. The van der Waals surface area contributed by atoms with Crippen molar-refractivity contribution in [3.05, 3.63) is 53.7 Å². The molecule has 3 nitrogen and oxygen atoms in total. The molecule has 0 aliphatic carbocycles. The number of nitrogens with zero attached hydrogens (tertiary/aromatic N) is 1. The first kappa shape index (κ1) is 17.5. The summed E-state index contributed by atoms with van der Waals surface area (Å²) in [5.41, 5.74) is 9.71. The second-order valence-corrected chi connectivity index (χ2v) is 6.59. The van der Waals surface area contributed by atoms with E-state index in [-0.39, 0.29) is 0 Å². The minimum absolute atomic E-state index is 0.338. The van der Waals surface area contributed by atoms with E-state index >= 15 is 0 Å². The Labute approximate surface area is 140 Å². The molecule has 1 aromatic heterocycles. The molecule has 0 saturated heterocycles. The Morgan fingerprint density at radius 2 is 2.04 bits per heavy atom. The third-order valence-electron chi connectivity index (χ3n) is 4.27. The van der Waals surface area contributed by atoms with Crippen molar-refractivity contribution in [2.45, 2.75) is 52.5 Å². The molecule has 0 fully saturated rings. The molecule has 2 atom stereocenters. The number of nitrogens with two attached hydrogens (primary N) is 1. The first-order valence-corrected chi connectivity index (χ1v) is 8.61. The lowest BCUT2D eigenvalue weighted by Crippen LogP contribution is -2.21. The van der Waals surface area contributed by atoms with E-state index < -0.39 is 0 Å². The third-order valence-corrected chi connectivity index (χ3v) is 4.27. The van der Waals surface area contributed by atoms with E-state index in [1.807, 2.05) is 12.3 Å². The van der Waals surface area contributed by atoms with Crippen LogP contribution in [0, 0.1) is 12.8 Å². The Morgan fingerprint density at radius 3 is 2.78 bits per heavy atom. The Hall–Kier alpha value is -1.87. The molecule has 2 rings (SSSR count). The minimum Gasteiger partial charge on any atom is -0.340 e. The highest BCUT2D eigenvalue weighted by atomic mass is 15.0. The van der Waals surface area contributed by atoms with E-state index in [4.69, 9.17) is 5.73 Å². The van der Waals surface area contributed by atoms with Crippen LogP contribution in [0.5, 0.6) is 0 Å². The fourth-order valence-corrected chi connectivity index (χ4v) is 2.77. The van der Waals surface area contributed by atoms with Gasteiger partial charge in [-0.15, -0.1) is 0 Å². The maximum atomic E-state index is 6.05. The lowest BCUT2D eigenvalue weighted by molar-refractivity contribution is 0.431. The molecule has 0 amide bonds. The molecule has 0 spiro atoms. The van der Waals surface area contributed by atoms with Gasteiger partial charge < -0.3 is 11.1 Å². The topological polar surface area (TPSA) is 50.9 Å². The summed E-state index contributed by atoms with van der Waals surface area (Å²) in [7, 11) is 0. The Kier molecular flexibility index (Phi) is 6.60. The van der Waals surface area contributed by atoms with Gasteiger partial charge in [0, 0.05) is 17.9 Å². The first-order chi connectivity index (χ1) is 11.1. The molecular weight excluding hydrogens is 282 g/mol. The normalized spacial score (nSPS) is 13.6. The van der Waals surface area contributed by atoms with E-state index in [2.05, 4.69) is 61.4 Å². The zero-order valence-corrected chi connectivity index (χ0v) is 14.5. The first-order valence-electron chi connectivity index (χ1n) is 8.61. The van der Waals surface area contributed by atoms with Gasteiger partial charge in [0.05, 0.1) is 0 Å². The van der Waals surface area contributed by atoms with E-state index in [0.717, 1.165) is 30.8 Å². The Bertz CT molecular complexity index is 609. The number of hydrogen-bond acceptors (Lipinski definition) is 3. The molecule has 0 radical (unpaired) electrons. The molecule has 0 bridgehead atoms. The smallest absolute Gasteiger partial charge is 0.130 e. The van der Waals surface area contributed by atoms with Crippen LogP contribution >= 0.6 is 0 Å². The lowest BCUT2D eigenvalue weighted by Gasteiger charge is -2.16. The standard InChI is InChI=1S/C20H29N3/c1-4-18(21)12-15(2)8-9-17-6-5-7-19(14-17)23-20-13-16(3)10-11-22-20/h5-7,10-11,13-15,18H,4,8-9,12,21H2,1-3H3,(H,22,23). The van der Waals surface area contributed by atoms with Gasteiger partial charge >= 0.3 is 0 Å². The van der Waals surface area contributed by atoms with Crippen molar-refractivity contribution in [2.75, 3.05) is 5.32 Å². The van der Waals surface area contributed by atoms with E-state index in [1.54, 1.807) is 0 Å². The van der Waals surface area contributed by atoms with Crippen LogP contribution in [0.4, 0.5) is 11.5 Å². The summed E-state index contributed by atoms with van der Waals surface area (Å²) in [5, 5.41) is 3.38. The lowest BCUT2D eigenvalue weighted by atomic mass is 9.94. The van der Waals surface area contributed by atoms with Gasteiger partial charge in [-0.1, -0.05) is 26.0 Å². The van der Waals surface area contributed by atoms with Gasteiger partial charge in [0.2, 0.25) is 0 Å². The average Bonchev–Trinajstić information content (AvgIpc) is 2.53. The zero-order chi connectivity index (χ0) is 16.7. The van der Waals surface area contributed by atoms with Gasteiger partial charge in [0.1, 0.15) is 5.82 Å². The Balaban J connectivity index is 1.92. The fourth-order valence-electron chi connectivity index (χ4n) is 2.77. The van der Waals surface area contributed by atoms with E-state index in [0.29, 0.717) is 12.0 Å². The van der Waals surface area contributed by atoms with Crippen molar-refractivity contribution in [3.63, 3.8) is 0 Å². The van der Waals surface area contributed by atoms with E-state index in [1.165, 1.54) is 17.5 Å². The largest absolute Gasteiger partial charge is 0.340 e. The molecule has 1 aromatic carbocycles. The SMILES string of the molecule is CCC(N)CC(C)CCc1cccc(Nc2cc(C)ccn2)c1. The van der Waals surface area contributed by atoms with Crippen LogP contribution in [-0.4, -0.2) is 11.0 Å². The van der Waals surface area contributed by atoms with Crippen LogP contribution in [0.15, 0.2) is 42.6 Å².